The van der Waals surface area contributed by atoms with Gasteiger partial charge in [0, 0.05) is 68.4 Å². The fourth-order valence-corrected chi connectivity index (χ4v) is 3.75. The molecular formula is C21H14ClF2I2NO2. The second-order valence-corrected chi connectivity index (χ2v) is 12.0. The Morgan fingerprint density at radius 3 is 2.34 bits per heavy atom. The highest BCUT2D eigenvalue weighted by atomic mass is 127. The van der Waals surface area contributed by atoms with Crippen LogP contribution in [0, 0.1) is 5.82 Å². The van der Waals surface area contributed by atoms with Gasteiger partial charge in [-0.05, 0) is 41.5 Å². The van der Waals surface area contributed by atoms with Crippen molar-refractivity contribution in [1.82, 2.24) is 4.98 Å². The largest absolute Gasteiger partial charge is 0.442 e. The molecule has 4 rings (SSSR count). The summed E-state index contributed by atoms with van der Waals surface area (Å²) < 4.78 is 36.8. The highest BCUT2D eigenvalue weighted by Gasteiger charge is 2.48. The third-order valence-corrected chi connectivity index (χ3v) is 5.31. The van der Waals surface area contributed by atoms with E-state index in [2.05, 4.69) is 4.98 Å². The zero-order valence-corrected chi connectivity index (χ0v) is 19.9. The van der Waals surface area contributed by atoms with Crippen LogP contribution in [0.25, 0.3) is 11.1 Å². The smallest absolute Gasteiger partial charge is 0.350 e. The molecule has 0 spiro atoms. The molecule has 0 radical (unpaired) electrons. The lowest BCUT2D eigenvalue weighted by Gasteiger charge is -2.14. The monoisotopic (exact) mass is 639 g/mol. The molecule has 2 heterocycles. The van der Waals surface area contributed by atoms with E-state index in [9.17, 15) is 8.78 Å². The highest BCUT2D eigenvalue weighted by molar-refractivity contribution is 14.2. The number of benzene rings is 2. The second-order valence-electron chi connectivity index (χ2n) is 6.70. The predicted octanol–water partition coefficient (Wildman–Crippen LogP) is 6.84. The predicted molar refractivity (Wildman–Crippen MR) is 125 cm³/mol. The Morgan fingerprint density at radius 1 is 1.10 bits per heavy atom. The molecule has 1 aliphatic rings. The van der Waals surface area contributed by atoms with Gasteiger partial charge in [-0.25, -0.2) is 4.39 Å². The molecule has 1 saturated heterocycles. The van der Waals surface area contributed by atoms with Gasteiger partial charge in [0.2, 0.25) is 0 Å². The fourth-order valence-electron chi connectivity index (χ4n) is 3.08. The van der Waals surface area contributed by atoms with Gasteiger partial charge < -0.3 is 9.47 Å². The lowest BCUT2D eigenvalue weighted by Crippen LogP contribution is -2.15. The molecule has 0 N–H and O–H groups in total. The van der Waals surface area contributed by atoms with Gasteiger partial charge in [0.05, 0.1) is 12.3 Å². The average molecular weight is 640 g/mol. The Hall–Kier alpha value is -1.04. The van der Waals surface area contributed by atoms with Crippen molar-refractivity contribution in [2.75, 3.05) is 6.61 Å². The van der Waals surface area contributed by atoms with Gasteiger partial charge in [-0.15, -0.1) is 0 Å². The molecular weight excluding hydrogens is 625 g/mol. The molecule has 8 heteroatoms. The summed E-state index contributed by atoms with van der Waals surface area (Å²) in [5, 5.41) is 0.366. The van der Waals surface area contributed by atoms with Crippen LogP contribution in [0.15, 0.2) is 60.8 Å². The van der Waals surface area contributed by atoms with Crippen LogP contribution in [-0.4, -0.2) is 13.5 Å². The average Bonchev–Trinajstić information content (AvgIpc) is 3.44. The first kappa shape index (κ1) is 21.2. The Morgan fingerprint density at radius 2 is 1.79 bits per heavy atom. The van der Waals surface area contributed by atoms with Gasteiger partial charge in [-0.1, -0.05) is 35.9 Å². The number of rotatable bonds is 6. The molecule has 0 saturated carbocycles. The summed E-state index contributed by atoms with van der Waals surface area (Å²) in [5.41, 5.74) is 2.53. The van der Waals surface area contributed by atoms with E-state index in [-0.39, 0.29) is 5.82 Å². The number of nitrogens with zero attached hydrogens (tertiary/aromatic N) is 1. The number of ether oxygens (including phenoxy) is 2. The first-order chi connectivity index (χ1) is 13.7. The molecule has 0 amide bonds. The molecule has 1 atom stereocenters. The lowest BCUT2D eigenvalue weighted by molar-refractivity contribution is 0.154. The van der Waals surface area contributed by atoms with E-state index >= 15 is 0 Å². The van der Waals surface area contributed by atoms with Crippen molar-refractivity contribution in [1.29, 1.82) is 0 Å². The van der Waals surface area contributed by atoms with E-state index in [0.717, 1.165) is 16.8 Å². The zero-order valence-electron chi connectivity index (χ0n) is 14.8. The molecule has 1 fully saturated rings. The molecule has 2 aromatic carbocycles. The number of hydrogen-bond acceptors (Lipinski definition) is 3. The van der Waals surface area contributed by atoms with Crippen molar-refractivity contribution < 1.29 is 18.3 Å². The molecule has 1 aromatic heterocycles. The summed E-state index contributed by atoms with van der Waals surface area (Å²) in [6.45, 7) is 0.491. The number of pyridine rings is 1. The quantitative estimate of drug-likeness (QED) is 0.168. The highest BCUT2D eigenvalue weighted by Crippen LogP contribution is 2.42. The first-order valence-corrected chi connectivity index (χ1v) is 11.2. The lowest BCUT2D eigenvalue weighted by atomic mass is 9.95. The SMILES string of the molecule is Fc1cc(Cl)ccc1CC1(c2ccc(-c3ccc(OC(F)(I)I)cc3)cn2)CO1. The maximum atomic E-state index is 14.2. The molecule has 150 valence electrons. The number of epoxide rings is 1. The molecule has 1 aliphatic heterocycles. The standard InChI is InChI=1S/C21H14ClF2I2NO2/c22-16-5-1-14(18(23)9-16)10-20(12-28-20)19-8-4-15(11-27-19)13-2-6-17(7-3-13)29-21(24,25)26/h1-9,11H,10,12H2. The third kappa shape index (κ3) is 5.18. The van der Waals surface area contributed by atoms with Crippen molar-refractivity contribution in [2.24, 2.45) is 0 Å². The van der Waals surface area contributed by atoms with E-state index < -0.39 is 7.47 Å². The van der Waals surface area contributed by atoms with Crippen molar-refractivity contribution in [3.8, 4) is 16.9 Å². The normalized spacial score (nSPS) is 18.5. The third-order valence-electron chi connectivity index (χ3n) is 4.64. The van der Waals surface area contributed by atoms with Crippen LogP contribution < -0.4 is 4.74 Å². The summed E-state index contributed by atoms with van der Waals surface area (Å²) in [6.07, 6.45) is 2.15. The van der Waals surface area contributed by atoms with Crippen LogP contribution >= 0.6 is 56.8 Å². The van der Waals surface area contributed by atoms with E-state index in [1.165, 1.54) is 6.07 Å². The van der Waals surface area contributed by atoms with Crippen LogP contribution in [0.1, 0.15) is 11.3 Å². The van der Waals surface area contributed by atoms with Gasteiger partial charge in [0.15, 0.2) is 0 Å². The zero-order chi connectivity index (χ0) is 20.6. The molecule has 0 bridgehead atoms. The van der Waals surface area contributed by atoms with Gasteiger partial charge in [0.1, 0.15) is 17.2 Å². The summed E-state index contributed by atoms with van der Waals surface area (Å²) in [4.78, 5) is 4.55. The molecule has 3 aromatic rings. The van der Waals surface area contributed by atoms with Crippen LogP contribution in [0.2, 0.25) is 5.02 Å². The number of aromatic nitrogens is 1. The van der Waals surface area contributed by atoms with Crippen LogP contribution in [0.4, 0.5) is 8.78 Å². The van der Waals surface area contributed by atoms with Crippen LogP contribution in [-0.2, 0) is 16.8 Å². The fraction of sp³-hybridized carbons (Fsp3) is 0.190. The topological polar surface area (TPSA) is 34.6 Å². The number of halogens is 5. The van der Waals surface area contributed by atoms with Crippen LogP contribution in [0.3, 0.4) is 0 Å². The Kier molecular flexibility index (Phi) is 6.02. The first-order valence-electron chi connectivity index (χ1n) is 8.65. The minimum atomic E-state index is -1.79. The molecule has 3 nitrogen and oxygen atoms in total. The minimum absolute atomic E-state index is 0.346. The molecule has 1 unspecified atom stereocenters. The Labute approximate surface area is 199 Å². The van der Waals surface area contributed by atoms with Crippen molar-refractivity contribution >= 4 is 56.8 Å². The van der Waals surface area contributed by atoms with E-state index in [4.69, 9.17) is 21.1 Å². The summed E-state index contributed by atoms with van der Waals surface area (Å²) >= 11 is 8.98. The van der Waals surface area contributed by atoms with Gasteiger partial charge >= 0.3 is 1.87 Å². The number of alkyl halides is 3. The van der Waals surface area contributed by atoms with Gasteiger partial charge in [0.25, 0.3) is 0 Å². The summed E-state index contributed by atoms with van der Waals surface area (Å²) in [5.74, 6) is 0.0987. The van der Waals surface area contributed by atoms with Crippen molar-refractivity contribution in [3.05, 3.63) is 82.9 Å². The minimum Gasteiger partial charge on any atom is -0.442 e. The summed E-state index contributed by atoms with van der Waals surface area (Å²) in [7, 11) is 0. The van der Waals surface area contributed by atoms with Crippen molar-refractivity contribution in [2.45, 2.75) is 13.9 Å². The van der Waals surface area contributed by atoms with Crippen molar-refractivity contribution in [3.63, 3.8) is 0 Å². The number of hydrogen-bond donors (Lipinski definition) is 0. The summed E-state index contributed by atoms with van der Waals surface area (Å²) in [6, 6.07) is 15.6. The maximum absolute atomic E-state index is 14.2. The second kappa shape index (κ2) is 8.24. The maximum Gasteiger partial charge on any atom is 0.350 e. The molecule has 0 aliphatic carbocycles. The van der Waals surface area contributed by atoms with E-state index in [1.807, 2.05) is 24.3 Å². The molecule has 29 heavy (non-hydrogen) atoms. The van der Waals surface area contributed by atoms with Gasteiger partial charge in [-0.2, -0.15) is 4.39 Å². The Bertz CT molecular complexity index is 1020. The van der Waals surface area contributed by atoms with Crippen LogP contribution in [0.5, 0.6) is 5.75 Å². The van der Waals surface area contributed by atoms with E-state index in [0.29, 0.717) is 29.4 Å². The van der Waals surface area contributed by atoms with E-state index in [1.54, 1.807) is 75.6 Å². The van der Waals surface area contributed by atoms with Gasteiger partial charge in [-0.3, -0.25) is 4.98 Å². The Balaban J connectivity index is 1.50.